The van der Waals surface area contributed by atoms with E-state index in [0.29, 0.717) is 24.6 Å². The van der Waals surface area contributed by atoms with Crippen molar-refractivity contribution >= 4 is 10.0 Å². The Morgan fingerprint density at radius 1 is 1.33 bits per heavy atom. The van der Waals surface area contributed by atoms with Crippen molar-refractivity contribution < 1.29 is 13.2 Å². The minimum absolute atomic E-state index is 0.0207. The van der Waals surface area contributed by atoms with Gasteiger partial charge in [0, 0.05) is 19.7 Å². The van der Waals surface area contributed by atoms with Crippen LogP contribution in [0.15, 0.2) is 17.0 Å². The number of nitrogens with two attached hydrogens (primary N) is 1. The molecule has 2 rings (SSSR count). The molecular weight excluding hydrogens is 288 g/mol. The number of aryl methyl sites for hydroxylation is 1. The molecular formula is C15H24N2O3S. The van der Waals surface area contributed by atoms with Crippen LogP contribution in [0, 0.1) is 13.8 Å². The second-order valence-electron chi connectivity index (χ2n) is 5.58. The maximum Gasteiger partial charge on any atom is 0.240 e. The summed E-state index contributed by atoms with van der Waals surface area (Å²) in [7, 11) is -3.53. The van der Waals surface area contributed by atoms with Gasteiger partial charge in [-0.05, 0) is 55.9 Å². The van der Waals surface area contributed by atoms with Gasteiger partial charge in [0.2, 0.25) is 10.0 Å². The van der Waals surface area contributed by atoms with Gasteiger partial charge in [-0.2, -0.15) is 0 Å². The van der Waals surface area contributed by atoms with E-state index in [0.717, 1.165) is 36.0 Å². The lowest BCUT2D eigenvalue weighted by molar-refractivity contribution is 0.0200. The van der Waals surface area contributed by atoms with E-state index in [-0.39, 0.29) is 6.10 Å². The molecule has 1 heterocycles. The average Bonchev–Trinajstić information content (AvgIpc) is 2.48. The average molecular weight is 312 g/mol. The SMILES string of the molecule is Cc1cc(CN)cc(S(=O)(=O)NCC2CCCCO2)c1C. The van der Waals surface area contributed by atoms with Crippen LogP contribution in [0.4, 0.5) is 0 Å². The van der Waals surface area contributed by atoms with E-state index in [1.807, 2.05) is 19.9 Å². The Hall–Kier alpha value is -0.950. The first-order valence-corrected chi connectivity index (χ1v) is 8.84. The smallest absolute Gasteiger partial charge is 0.240 e. The third-order valence-corrected chi connectivity index (χ3v) is 5.53. The second-order valence-corrected chi connectivity index (χ2v) is 7.32. The lowest BCUT2D eigenvalue weighted by Gasteiger charge is -2.23. The van der Waals surface area contributed by atoms with E-state index < -0.39 is 10.0 Å². The molecule has 1 aliphatic rings. The monoisotopic (exact) mass is 312 g/mol. The first-order chi connectivity index (χ1) is 9.94. The van der Waals surface area contributed by atoms with Crippen molar-refractivity contribution in [3.05, 3.63) is 28.8 Å². The first-order valence-electron chi connectivity index (χ1n) is 7.35. The first kappa shape index (κ1) is 16.4. The molecule has 1 saturated heterocycles. The number of sulfonamides is 1. The molecule has 3 N–H and O–H groups in total. The molecule has 0 saturated carbocycles. The summed E-state index contributed by atoms with van der Waals surface area (Å²) in [6.45, 7) is 5.09. The maximum absolute atomic E-state index is 12.5. The van der Waals surface area contributed by atoms with Gasteiger partial charge < -0.3 is 10.5 Å². The van der Waals surface area contributed by atoms with Crippen LogP contribution in [0.25, 0.3) is 0 Å². The summed E-state index contributed by atoms with van der Waals surface area (Å²) in [4.78, 5) is 0.318. The van der Waals surface area contributed by atoms with Gasteiger partial charge in [0.25, 0.3) is 0 Å². The molecule has 0 radical (unpaired) electrons. The Kier molecular flexibility index (Phi) is 5.37. The summed E-state index contributed by atoms with van der Waals surface area (Å²) in [6, 6.07) is 3.59. The van der Waals surface area contributed by atoms with E-state index in [9.17, 15) is 8.42 Å². The zero-order valence-electron chi connectivity index (χ0n) is 12.7. The van der Waals surface area contributed by atoms with Crippen LogP contribution < -0.4 is 10.5 Å². The van der Waals surface area contributed by atoms with E-state index in [1.165, 1.54) is 0 Å². The number of benzene rings is 1. The molecule has 0 aliphatic carbocycles. The molecule has 1 aliphatic heterocycles. The minimum atomic E-state index is -3.53. The van der Waals surface area contributed by atoms with Crippen LogP contribution in [0.3, 0.4) is 0 Å². The standard InChI is InChI=1S/C15H24N2O3S/c1-11-7-13(9-16)8-15(12(11)2)21(18,19)17-10-14-5-3-4-6-20-14/h7-8,14,17H,3-6,9-10,16H2,1-2H3. The van der Waals surface area contributed by atoms with E-state index >= 15 is 0 Å². The van der Waals surface area contributed by atoms with Crippen molar-refractivity contribution in [2.45, 2.75) is 50.7 Å². The van der Waals surface area contributed by atoms with Crippen molar-refractivity contribution in [2.75, 3.05) is 13.2 Å². The van der Waals surface area contributed by atoms with Gasteiger partial charge in [-0.1, -0.05) is 6.07 Å². The van der Waals surface area contributed by atoms with Crippen LogP contribution in [-0.4, -0.2) is 27.7 Å². The topological polar surface area (TPSA) is 81.4 Å². The third-order valence-electron chi connectivity index (χ3n) is 3.98. The molecule has 1 unspecified atom stereocenters. The molecule has 1 fully saturated rings. The minimum Gasteiger partial charge on any atom is -0.377 e. The number of nitrogens with one attached hydrogen (secondary N) is 1. The zero-order valence-corrected chi connectivity index (χ0v) is 13.5. The molecule has 0 spiro atoms. The van der Waals surface area contributed by atoms with Crippen molar-refractivity contribution in [1.29, 1.82) is 0 Å². The highest BCUT2D eigenvalue weighted by atomic mass is 32.2. The Bertz CT molecular complexity index is 593. The molecule has 1 atom stereocenters. The van der Waals surface area contributed by atoms with Crippen molar-refractivity contribution in [2.24, 2.45) is 5.73 Å². The van der Waals surface area contributed by atoms with Crippen LogP contribution in [0.2, 0.25) is 0 Å². The lowest BCUT2D eigenvalue weighted by Crippen LogP contribution is -2.35. The summed E-state index contributed by atoms with van der Waals surface area (Å²) >= 11 is 0. The highest BCUT2D eigenvalue weighted by Gasteiger charge is 2.21. The summed E-state index contributed by atoms with van der Waals surface area (Å²) in [6.07, 6.45) is 3.03. The van der Waals surface area contributed by atoms with Crippen molar-refractivity contribution in [1.82, 2.24) is 4.72 Å². The van der Waals surface area contributed by atoms with E-state index in [2.05, 4.69) is 4.72 Å². The molecule has 0 bridgehead atoms. The quantitative estimate of drug-likeness (QED) is 0.865. The Morgan fingerprint density at radius 2 is 2.10 bits per heavy atom. The summed E-state index contributed by atoms with van der Waals surface area (Å²) in [5.41, 5.74) is 8.17. The lowest BCUT2D eigenvalue weighted by atomic mass is 10.1. The van der Waals surface area contributed by atoms with E-state index in [1.54, 1.807) is 6.07 Å². The predicted octanol–water partition coefficient (Wildman–Crippen LogP) is 1.61. The third kappa shape index (κ3) is 4.03. The van der Waals surface area contributed by atoms with Crippen LogP contribution in [0.5, 0.6) is 0 Å². The molecule has 5 nitrogen and oxygen atoms in total. The summed E-state index contributed by atoms with van der Waals surface area (Å²) < 4.78 is 33.2. The highest BCUT2D eigenvalue weighted by molar-refractivity contribution is 7.89. The fourth-order valence-electron chi connectivity index (χ4n) is 2.54. The number of ether oxygens (including phenoxy) is 1. The van der Waals surface area contributed by atoms with Crippen LogP contribution in [-0.2, 0) is 21.3 Å². The van der Waals surface area contributed by atoms with Crippen molar-refractivity contribution in [3.8, 4) is 0 Å². The number of hydrogen-bond acceptors (Lipinski definition) is 4. The van der Waals surface area contributed by atoms with Gasteiger partial charge in [0.15, 0.2) is 0 Å². The number of rotatable bonds is 5. The maximum atomic E-state index is 12.5. The normalized spacial score (nSPS) is 19.7. The molecule has 21 heavy (non-hydrogen) atoms. The highest BCUT2D eigenvalue weighted by Crippen LogP contribution is 2.21. The molecule has 6 heteroatoms. The van der Waals surface area contributed by atoms with Crippen LogP contribution in [0.1, 0.15) is 36.0 Å². The molecule has 118 valence electrons. The predicted molar refractivity (Wildman–Crippen MR) is 82.6 cm³/mol. The van der Waals surface area contributed by atoms with Crippen LogP contribution >= 0.6 is 0 Å². The largest absolute Gasteiger partial charge is 0.377 e. The number of hydrogen-bond donors (Lipinski definition) is 2. The molecule has 0 amide bonds. The van der Waals surface area contributed by atoms with Gasteiger partial charge in [0.1, 0.15) is 0 Å². The molecule has 1 aromatic carbocycles. The Balaban J connectivity index is 2.16. The summed E-state index contributed by atoms with van der Waals surface area (Å²) in [5, 5.41) is 0. The second kappa shape index (κ2) is 6.87. The van der Waals surface area contributed by atoms with Gasteiger partial charge in [-0.15, -0.1) is 0 Å². The van der Waals surface area contributed by atoms with Gasteiger partial charge >= 0.3 is 0 Å². The van der Waals surface area contributed by atoms with Gasteiger partial charge in [-0.25, -0.2) is 13.1 Å². The fourth-order valence-corrected chi connectivity index (χ4v) is 3.98. The Morgan fingerprint density at radius 3 is 2.71 bits per heavy atom. The molecule has 1 aromatic rings. The van der Waals surface area contributed by atoms with Gasteiger partial charge in [-0.3, -0.25) is 0 Å². The van der Waals surface area contributed by atoms with E-state index in [4.69, 9.17) is 10.5 Å². The Labute approximate surface area is 126 Å². The zero-order chi connectivity index (χ0) is 15.5. The van der Waals surface area contributed by atoms with Crippen molar-refractivity contribution in [3.63, 3.8) is 0 Å². The summed E-state index contributed by atoms with van der Waals surface area (Å²) in [5.74, 6) is 0. The fraction of sp³-hybridized carbons (Fsp3) is 0.600. The molecule has 0 aromatic heterocycles. The van der Waals surface area contributed by atoms with Gasteiger partial charge in [0.05, 0.1) is 11.0 Å².